The van der Waals surface area contributed by atoms with Crippen LogP contribution in [0.15, 0.2) is 18.2 Å². The zero-order chi connectivity index (χ0) is 15.5. The number of anilines is 1. The van der Waals surface area contributed by atoms with E-state index in [1.807, 2.05) is 0 Å². The Hall–Kier alpha value is -1.67. The van der Waals surface area contributed by atoms with Crippen LogP contribution in [0, 0.1) is 5.82 Å². The van der Waals surface area contributed by atoms with Crippen LogP contribution in [-0.4, -0.2) is 36.9 Å². The number of aromatic carboxylic acids is 1. The molecule has 1 aromatic rings. The minimum Gasteiger partial charge on any atom is -0.478 e. The average molecular weight is 316 g/mol. The van der Waals surface area contributed by atoms with Crippen LogP contribution in [0.2, 0.25) is 0 Å². The molecule has 2 rings (SSSR count). The summed E-state index contributed by atoms with van der Waals surface area (Å²) in [5, 5.41) is 9.03. The number of rotatable bonds is 4. The van der Waals surface area contributed by atoms with Gasteiger partial charge in [0.25, 0.3) is 0 Å². The highest BCUT2D eigenvalue weighted by atomic mass is 32.2. The quantitative estimate of drug-likeness (QED) is 0.890. The number of hydrogen-bond donors (Lipinski definition) is 2. The molecule has 1 aliphatic heterocycles. The Morgan fingerprint density at radius 2 is 1.81 bits per heavy atom. The smallest absolute Gasteiger partial charge is 0.337 e. The molecule has 6 nitrogen and oxygen atoms in total. The molecule has 0 aliphatic carbocycles. The summed E-state index contributed by atoms with van der Waals surface area (Å²) in [5.41, 5.74) is -0.540. The third-order valence-electron chi connectivity index (χ3n) is 3.36. The Labute approximate surface area is 122 Å². The average Bonchev–Trinajstić information content (AvgIpc) is 2.70. The first-order valence-electron chi connectivity index (χ1n) is 6.71. The Balaban J connectivity index is 2.25. The van der Waals surface area contributed by atoms with Gasteiger partial charge in [-0.2, -0.15) is 12.7 Å². The van der Waals surface area contributed by atoms with Gasteiger partial charge >= 0.3 is 16.2 Å². The molecule has 0 radical (unpaired) electrons. The molecule has 1 aromatic carbocycles. The van der Waals surface area contributed by atoms with Gasteiger partial charge in [-0.25, -0.2) is 9.18 Å². The van der Waals surface area contributed by atoms with Crippen molar-refractivity contribution in [2.24, 2.45) is 0 Å². The van der Waals surface area contributed by atoms with Crippen LogP contribution in [0.25, 0.3) is 0 Å². The summed E-state index contributed by atoms with van der Waals surface area (Å²) in [5.74, 6) is -2.12. The van der Waals surface area contributed by atoms with Crippen LogP contribution in [0.1, 0.15) is 36.0 Å². The fourth-order valence-electron chi connectivity index (χ4n) is 2.27. The van der Waals surface area contributed by atoms with Gasteiger partial charge in [-0.15, -0.1) is 0 Å². The molecule has 0 atom stereocenters. The molecular weight excluding hydrogens is 299 g/mol. The molecule has 8 heteroatoms. The van der Waals surface area contributed by atoms with Crippen molar-refractivity contribution in [3.63, 3.8) is 0 Å². The molecule has 0 aromatic heterocycles. The molecule has 21 heavy (non-hydrogen) atoms. The molecule has 1 heterocycles. The lowest BCUT2D eigenvalue weighted by Crippen LogP contribution is -2.36. The number of carboxylic acids is 1. The van der Waals surface area contributed by atoms with Gasteiger partial charge < -0.3 is 5.11 Å². The summed E-state index contributed by atoms with van der Waals surface area (Å²) in [6.45, 7) is 0.803. The second-order valence-corrected chi connectivity index (χ2v) is 6.59. The standard InChI is InChI=1S/C13H17FN2O4S/c14-10-5-6-12(11(9-10)13(17)18)15-21(19,20)16-7-3-1-2-4-8-16/h5-6,9,15H,1-4,7-8H2,(H,17,18). The SMILES string of the molecule is O=C(O)c1cc(F)ccc1NS(=O)(=O)N1CCCCCC1. The van der Waals surface area contributed by atoms with Crippen molar-refractivity contribution in [1.82, 2.24) is 4.31 Å². The molecule has 0 spiro atoms. The minimum absolute atomic E-state index is 0.131. The van der Waals surface area contributed by atoms with E-state index in [-0.39, 0.29) is 5.69 Å². The van der Waals surface area contributed by atoms with E-state index in [0.717, 1.165) is 43.9 Å². The van der Waals surface area contributed by atoms with Gasteiger partial charge in [0.15, 0.2) is 0 Å². The zero-order valence-electron chi connectivity index (χ0n) is 11.4. The van der Waals surface area contributed by atoms with Gasteiger partial charge in [0.05, 0.1) is 11.3 Å². The summed E-state index contributed by atoms with van der Waals surface area (Å²) in [6, 6.07) is 2.93. The molecule has 0 amide bonds. The predicted molar refractivity (Wildman–Crippen MR) is 75.9 cm³/mol. The van der Waals surface area contributed by atoms with Crippen LogP contribution in [0.5, 0.6) is 0 Å². The van der Waals surface area contributed by atoms with Crippen LogP contribution in [-0.2, 0) is 10.2 Å². The lowest BCUT2D eigenvalue weighted by atomic mass is 10.2. The molecule has 116 valence electrons. The number of halogens is 1. The van der Waals surface area contributed by atoms with Crippen LogP contribution < -0.4 is 4.72 Å². The lowest BCUT2D eigenvalue weighted by molar-refractivity contribution is 0.0697. The topological polar surface area (TPSA) is 86.7 Å². The second-order valence-electron chi connectivity index (χ2n) is 4.92. The van der Waals surface area contributed by atoms with Crippen molar-refractivity contribution in [1.29, 1.82) is 0 Å². The van der Waals surface area contributed by atoms with E-state index in [0.29, 0.717) is 13.1 Å². The highest BCUT2D eigenvalue weighted by Gasteiger charge is 2.24. The van der Waals surface area contributed by atoms with E-state index < -0.39 is 27.6 Å². The van der Waals surface area contributed by atoms with Gasteiger partial charge in [-0.05, 0) is 31.0 Å². The first kappa shape index (κ1) is 15.7. The Morgan fingerprint density at radius 1 is 1.19 bits per heavy atom. The number of hydrogen-bond acceptors (Lipinski definition) is 3. The monoisotopic (exact) mass is 316 g/mol. The Kier molecular flexibility index (Phi) is 4.79. The highest BCUT2D eigenvalue weighted by molar-refractivity contribution is 7.90. The van der Waals surface area contributed by atoms with Crippen molar-refractivity contribution in [3.05, 3.63) is 29.6 Å². The summed E-state index contributed by atoms with van der Waals surface area (Å²) < 4.78 is 41.2. The van der Waals surface area contributed by atoms with Crippen LogP contribution in [0.4, 0.5) is 10.1 Å². The third kappa shape index (κ3) is 3.92. The second kappa shape index (κ2) is 6.40. The van der Waals surface area contributed by atoms with Crippen molar-refractivity contribution >= 4 is 21.9 Å². The molecule has 1 saturated heterocycles. The van der Waals surface area contributed by atoms with E-state index in [4.69, 9.17) is 5.11 Å². The van der Waals surface area contributed by atoms with E-state index in [9.17, 15) is 17.6 Å². The number of benzene rings is 1. The van der Waals surface area contributed by atoms with E-state index >= 15 is 0 Å². The van der Waals surface area contributed by atoms with Crippen molar-refractivity contribution in [3.8, 4) is 0 Å². The molecule has 0 unspecified atom stereocenters. The number of nitrogens with zero attached hydrogens (tertiary/aromatic N) is 1. The zero-order valence-corrected chi connectivity index (χ0v) is 12.2. The lowest BCUT2D eigenvalue weighted by Gasteiger charge is -2.21. The van der Waals surface area contributed by atoms with E-state index in [2.05, 4.69) is 4.72 Å². The highest BCUT2D eigenvalue weighted by Crippen LogP contribution is 2.21. The maximum Gasteiger partial charge on any atom is 0.337 e. The first-order chi connectivity index (χ1) is 9.90. The van der Waals surface area contributed by atoms with Gasteiger partial charge in [0, 0.05) is 13.1 Å². The predicted octanol–water partition coefficient (Wildman–Crippen LogP) is 2.06. The maximum atomic E-state index is 13.1. The third-order valence-corrected chi connectivity index (χ3v) is 4.88. The summed E-state index contributed by atoms with van der Waals surface area (Å²) >= 11 is 0. The van der Waals surface area contributed by atoms with Crippen LogP contribution in [0.3, 0.4) is 0 Å². The maximum absolute atomic E-state index is 13.1. The molecular formula is C13H17FN2O4S. The van der Waals surface area contributed by atoms with Gasteiger partial charge in [0.2, 0.25) is 0 Å². The van der Waals surface area contributed by atoms with Crippen LogP contribution >= 0.6 is 0 Å². The van der Waals surface area contributed by atoms with Gasteiger partial charge in [-0.3, -0.25) is 4.72 Å². The molecule has 0 saturated carbocycles. The van der Waals surface area contributed by atoms with E-state index in [1.54, 1.807) is 0 Å². The van der Waals surface area contributed by atoms with Crippen molar-refractivity contribution < 1.29 is 22.7 Å². The summed E-state index contributed by atoms with van der Waals surface area (Å²) in [4.78, 5) is 11.1. The van der Waals surface area contributed by atoms with E-state index in [1.165, 1.54) is 4.31 Å². The number of carbonyl (C=O) groups is 1. The molecule has 1 fully saturated rings. The first-order valence-corrected chi connectivity index (χ1v) is 8.15. The van der Waals surface area contributed by atoms with Gasteiger partial charge in [-0.1, -0.05) is 12.8 Å². The Morgan fingerprint density at radius 3 is 2.38 bits per heavy atom. The molecule has 2 N–H and O–H groups in total. The number of carboxylic acid groups (broad SMARTS) is 1. The molecule has 1 aliphatic rings. The normalized spacial score (nSPS) is 17.2. The van der Waals surface area contributed by atoms with Crippen molar-refractivity contribution in [2.45, 2.75) is 25.7 Å². The van der Waals surface area contributed by atoms with Crippen molar-refractivity contribution in [2.75, 3.05) is 17.8 Å². The fraction of sp³-hybridized carbons (Fsp3) is 0.462. The van der Waals surface area contributed by atoms with Gasteiger partial charge in [0.1, 0.15) is 5.82 Å². The minimum atomic E-state index is -3.83. The summed E-state index contributed by atoms with van der Waals surface area (Å²) in [7, 11) is -3.83. The molecule has 0 bridgehead atoms. The fourth-order valence-corrected chi connectivity index (χ4v) is 3.59. The Bertz CT molecular complexity index is 625. The summed E-state index contributed by atoms with van der Waals surface area (Å²) in [6.07, 6.45) is 3.50. The number of nitrogens with one attached hydrogen (secondary N) is 1. The largest absolute Gasteiger partial charge is 0.478 e.